The zero-order chi connectivity index (χ0) is 12.5. The smallest absolute Gasteiger partial charge is 0.0315 e. The molecule has 2 rings (SSSR count). The van der Waals surface area contributed by atoms with Crippen molar-refractivity contribution in [3.05, 3.63) is 20.8 Å². The van der Waals surface area contributed by atoms with Crippen molar-refractivity contribution in [3.63, 3.8) is 0 Å². The Kier molecular flexibility index (Phi) is 4.01. The Bertz CT molecular complexity index is 385. The molecule has 1 heterocycles. The molecule has 17 heavy (non-hydrogen) atoms. The van der Waals surface area contributed by atoms with Gasteiger partial charge in [0, 0.05) is 21.3 Å². The number of nitrogens with two attached hydrogens (primary N) is 1. The van der Waals surface area contributed by atoms with Crippen LogP contribution >= 0.6 is 27.3 Å². The Morgan fingerprint density at radius 3 is 2.71 bits per heavy atom. The van der Waals surface area contributed by atoms with E-state index in [1.54, 1.807) is 0 Å². The fourth-order valence-corrected chi connectivity index (χ4v) is 4.35. The molecule has 3 heteroatoms. The molecule has 96 valence electrons. The van der Waals surface area contributed by atoms with Crippen LogP contribution in [0, 0.1) is 5.41 Å². The van der Waals surface area contributed by atoms with Crippen molar-refractivity contribution in [1.82, 2.24) is 0 Å². The van der Waals surface area contributed by atoms with E-state index in [1.807, 2.05) is 11.3 Å². The van der Waals surface area contributed by atoms with Crippen LogP contribution in [0.4, 0.5) is 0 Å². The lowest BCUT2D eigenvalue weighted by atomic mass is 9.82. The van der Waals surface area contributed by atoms with E-state index in [4.69, 9.17) is 5.73 Å². The van der Waals surface area contributed by atoms with Gasteiger partial charge in [-0.2, -0.15) is 0 Å². The molecule has 1 saturated carbocycles. The highest BCUT2D eigenvalue weighted by Crippen LogP contribution is 2.39. The lowest BCUT2D eigenvalue weighted by Crippen LogP contribution is -2.41. The number of halogens is 1. The Morgan fingerprint density at radius 2 is 2.06 bits per heavy atom. The van der Waals surface area contributed by atoms with E-state index in [0.29, 0.717) is 5.41 Å². The summed E-state index contributed by atoms with van der Waals surface area (Å²) in [6.07, 6.45) is 7.20. The van der Waals surface area contributed by atoms with Gasteiger partial charge in [0.25, 0.3) is 0 Å². The average molecular weight is 316 g/mol. The van der Waals surface area contributed by atoms with Crippen LogP contribution < -0.4 is 5.73 Å². The summed E-state index contributed by atoms with van der Waals surface area (Å²) in [5.41, 5.74) is 7.12. The van der Waals surface area contributed by atoms with Crippen molar-refractivity contribution in [2.75, 3.05) is 0 Å². The Balaban J connectivity index is 2.06. The molecular weight excluding hydrogens is 294 g/mol. The van der Waals surface area contributed by atoms with E-state index in [2.05, 4.69) is 41.2 Å². The zero-order valence-corrected chi connectivity index (χ0v) is 13.2. The van der Waals surface area contributed by atoms with Gasteiger partial charge >= 0.3 is 0 Å². The van der Waals surface area contributed by atoms with Crippen LogP contribution in [0.2, 0.25) is 0 Å². The Hall–Kier alpha value is 0.140. The van der Waals surface area contributed by atoms with Gasteiger partial charge in [-0.3, -0.25) is 0 Å². The summed E-state index contributed by atoms with van der Waals surface area (Å²) in [5, 5.41) is 2.14. The lowest BCUT2D eigenvalue weighted by molar-refractivity contribution is 0.297. The number of hydrogen-bond donors (Lipinski definition) is 1. The summed E-state index contributed by atoms with van der Waals surface area (Å²) >= 11 is 5.44. The van der Waals surface area contributed by atoms with E-state index in [-0.39, 0.29) is 5.54 Å². The van der Waals surface area contributed by atoms with Gasteiger partial charge in [-0.1, -0.05) is 20.3 Å². The van der Waals surface area contributed by atoms with Crippen molar-refractivity contribution in [2.24, 2.45) is 11.1 Å². The predicted molar refractivity (Wildman–Crippen MR) is 79.5 cm³/mol. The third-order valence-electron chi connectivity index (χ3n) is 4.03. The molecule has 0 bridgehead atoms. The first kappa shape index (κ1) is 13.6. The SMILES string of the molecule is CC1(C)CCCC(N)(Cc2sccc2Br)CC1. The molecule has 1 unspecified atom stereocenters. The second-order valence-electron chi connectivity index (χ2n) is 6.25. The first-order valence-electron chi connectivity index (χ1n) is 6.41. The van der Waals surface area contributed by atoms with Crippen LogP contribution in [0.3, 0.4) is 0 Å². The maximum absolute atomic E-state index is 6.63. The minimum absolute atomic E-state index is 0.0150. The van der Waals surface area contributed by atoms with Crippen LogP contribution in [0.25, 0.3) is 0 Å². The van der Waals surface area contributed by atoms with E-state index < -0.39 is 0 Å². The maximum atomic E-state index is 6.63. The first-order valence-corrected chi connectivity index (χ1v) is 8.08. The van der Waals surface area contributed by atoms with E-state index in [1.165, 1.54) is 35.0 Å². The predicted octanol–water partition coefficient (Wildman–Crippen LogP) is 4.74. The number of hydrogen-bond acceptors (Lipinski definition) is 2. The van der Waals surface area contributed by atoms with Gasteiger partial charge in [0.15, 0.2) is 0 Å². The number of thiophene rings is 1. The summed E-state index contributed by atoms with van der Waals surface area (Å²) in [6, 6.07) is 2.13. The third kappa shape index (κ3) is 3.55. The highest BCUT2D eigenvalue weighted by molar-refractivity contribution is 9.10. The second-order valence-corrected chi connectivity index (χ2v) is 8.10. The molecule has 1 aliphatic carbocycles. The second kappa shape index (κ2) is 5.02. The summed E-state index contributed by atoms with van der Waals surface area (Å²) < 4.78 is 1.23. The molecule has 1 aliphatic rings. The van der Waals surface area contributed by atoms with E-state index in [0.717, 1.165) is 12.8 Å². The van der Waals surface area contributed by atoms with Gasteiger partial charge in [0.1, 0.15) is 0 Å². The largest absolute Gasteiger partial charge is 0.325 e. The third-order valence-corrected chi connectivity index (χ3v) is 5.96. The van der Waals surface area contributed by atoms with Gasteiger partial charge in [0.2, 0.25) is 0 Å². The van der Waals surface area contributed by atoms with Gasteiger partial charge in [-0.05, 0) is 58.5 Å². The maximum Gasteiger partial charge on any atom is 0.0315 e. The van der Waals surface area contributed by atoms with Crippen molar-refractivity contribution >= 4 is 27.3 Å². The molecule has 0 saturated heterocycles. The van der Waals surface area contributed by atoms with Crippen molar-refractivity contribution in [3.8, 4) is 0 Å². The molecule has 1 fully saturated rings. The van der Waals surface area contributed by atoms with Crippen LogP contribution in [0.5, 0.6) is 0 Å². The van der Waals surface area contributed by atoms with Gasteiger partial charge < -0.3 is 5.73 Å². The quantitative estimate of drug-likeness (QED) is 0.784. The molecule has 1 nitrogen and oxygen atoms in total. The van der Waals surface area contributed by atoms with Crippen LogP contribution in [0.15, 0.2) is 15.9 Å². The molecule has 1 aromatic heterocycles. The minimum Gasteiger partial charge on any atom is -0.325 e. The Labute approximate surface area is 117 Å². The monoisotopic (exact) mass is 315 g/mol. The van der Waals surface area contributed by atoms with E-state index in [9.17, 15) is 0 Å². The van der Waals surface area contributed by atoms with Crippen molar-refractivity contribution < 1.29 is 0 Å². The zero-order valence-electron chi connectivity index (χ0n) is 10.8. The average Bonchev–Trinajstić information content (AvgIpc) is 2.55. The first-order chi connectivity index (χ1) is 7.90. The van der Waals surface area contributed by atoms with Crippen molar-refractivity contribution in [1.29, 1.82) is 0 Å². The fraction of sp³-hybridized carbons (Fsp3) is 0.714. The minimum atomic E-state index is 0.0150. The van der Waals surface area contributed by atoms with Crippen LogP contribution in [-0.4, -0.2) is 5.54 Å². The highest BCUT2D eigenvalue weighted by atomic mass is 79.9. The van der Waals surface area contributed by atoms with Crippen LogP contribution in [-0.2, 0) is 6.42 Å². The summed E-state index contributed by atoms with van der Waals surface area (Å²) in [6.45, 7) is 4.75. The van der Waals surface area contributed by atoms with E-state index >= 15 is 0 Å². The molecule has 1 atom stereocenters. The van der Waals surface area contributed by atoms with Gasteiger partial charge in [-0.25, -0.2) is 0 Å². The molecule has 0 aliphatic heterocycles. The highest BCUT2D eigenvalue weighted by Gasteiger charge is 2.33. The topological polar surface area (TPSA) is 26.0 Å². The van der Waals surface area contributed by atoms with Crippen LogP contribution in [0.1, 0.15) is 50.8 Å². The molecule has 0 aromatic carbocycles. The number of rotatable bonds is 2. The lowest BCUT2D eigenvalue weighted by Gasteiger charge is -2.29. The summed E-state index contributed by atoms with van der Waals surface area (Å²) in [7, 11) is 0. The molecule has 1 aromatic rings. The fourth-order valence-electron chi connectivity index (χ4n) is 2.70. The Morgan fingerprint density at radius 1 is 1.29 bits per heavy atom. The standard InChI is InChI=1S/C14H22BrNS/c1-13(2)5-3-6-14(16,8-7-13)10-12-11(15)4-9-17-12/h4,9H,3,5-8,10,16H2,1-2H3. The van der Waals surface area contributed by atoms with Gasteiger partial charge in [-0.15, -0.1) is 11.3 Å². The molecule has 0 amide bonds. The molecule has 0 spiro atoms. The molecule has 2 N–H and O–H groups in total. The summed E-state index contributed by atoms with van der Waals surface area (Å²) in [5.74, 6) is 0. The van der Waals surface area contributed by atoms with Gasteiger partial charge in [0.05, 0.1) is 0 Å². The van der Waals surface area contributed by atoms with Crippen molar-refractivity contribution in [2.45, 2.75) is 57.9 Å². The molecular formula is C14H22BrNS. The summed E-state index contributed by atoms with van der Waals surface area (Å²) in [4.78, 5) is 1.41. The molecule has 0 radical (unpaired) electrons. The normalized spacial score (nSPS) is 28.9.